The number of allylic oxidation sites excluding steroid dienone is 1. The van der Waals surface area contributed by atoms with E-state index in [1.54, 1.807) is 0 Å². The predicted molar refractivity (Wildman–Crippen MR) is 129 cm³/mol. The van der Waals surface area contributed by atoms with Crippen molar-refractivity contribution in [3.63, 3.8) is 0 Å². The van der Waals surface area contributed by atoms with Crippen molar-refractivity contribution in [2.45, 2.75) is 117 Å². The summed E-state index contributed by atoms with van der Waals surface area (Å²) in [5.74, 6) is 5.08. The molecule has 0 spiro atoms. The Hall–Kier alpha value is -0.380. The van der Waals surface area contributed by atoms with Gasteiger partial charge in [0.15, 0.2) is 0 Å². The van der Waals surface area contributed by atoms with Crippen LogP contribution in [0.3, 0.4) is 0 Å². The van der Waals surface area contributed by atoms with Crippen molar-refractivity contribution < 1.29 is 14.9 Å². The maximum Gasteiger partial charge on any atom is 0.101 e. The van der Waals surface area contributed by atoms with Crippen molar-refractivity contribution in [2.75, 3.05) is 0 Å². The molecule has 1 saturated heterocycles. The molecule has 3 saturated carbocycles. The van der Waals surface area contributed by atoms with Crippen LogP contribution in [0.5, 0.6) is 0 Å². The van der Waals surface area contributed by atoms with E-state index in [4.69, 9.17) is 4.74 Å². The average Bonchev–Trinajstić information content (AvgIpc) is 3.44. The molecule has 4 fully saturated rings. The number of hydrogen-bond donors (Lipinski definition) is 2. The first-order chi connectivity index (χ1) is 15.1. The lowest BCUT2D eigenvalue weighted by Crippen LogP contribution is -2.54. The number of rotatable bonds is 5. The van der Waals surface area contributed by atoms with Crippen LogP contribution in [0, 0.1) is 52.3 Å². The number of hydrogen-bond acceptors (Lipinski definition) is 3. The third-order valence-corrected chi connectivity index (χ3v) is 11.7. The summed E-state index contributed by atoms with van der Waals surface area (Å²) in [6.07, 6.45) is 11.6. The van der Waals surface area contributed by atoms with E-state index in [1.165, 1.54) is 32.1 Å². The summed E-state index contributed by atoms with van der Waals surface area (Å²) in [6, 6.07) is 0. The van der Waals surface area contributed by atoms with Crippen LogP contribution < -0.4 is 0 Å². The minimum Gasteiger partial charge on any atom is -0.390 e. The zero-order chi connectivity index (χ0) is 23.0. The summed E-state index contributed by atoms with van der Waals surface area (Å²) in [7, 11) is 0. The van der Waals surface area contributed by atoms with Crippen LogP contribution in [0.1, 0.15) is 92.9 Å². The fourth-order valence-corrected chi connectivity index (χ4v) is 9.84. The van der Waals surface area contributed by atoms with Gasteiger partial charge in [0, 0.05) is 0 Å². The highest BCUT2D eigenvalue weighted by molar-refractivity contribution is 5.29. The number of ether oxygens (including phenoxy) is 1. The lowest BCUT2D eigenvalue weighted by atomic mass is 9.46. The van der Waals surface area contributed by atoms with E-state index in [1.807, 2.05) is 0 Å². The van der Waals surface area contributed by atoms with E-state index in [2.05, 4.69) is 47.6 Å². The first-order valence-corrected chi connectivity index (χ1v) is 13.9. The van der Waals surface area contributed by atoms with Gasteiger partial charge in [0.2, 0.25) is 0 Å². The molecule has 3 nitrogen and oxygen atoms in total. The summed E-state index contributed by atoms with van der Waals surface area (Å²) in [5, 5.41) is 21.0. The van der Waals surface area contributed by atoms with Gasteiger partial charge in [0.05, 0.1) is 18.3 Å². The average molecular weight is 445 g/mol. The zero-order valence-corrected chi connectivity index (χ0v) is 21.4. The van der Waals surface area contributed by atoms with E-state index in [-0.39, 0.29) is 5.41 Å². The number of aliphatic hydroxyl groups is 2. The van der Waals surface area contributed by atoms with Crippen LogP contribution >= 0.6 is 0 Å². The van der Waals surface area contributed by atoms with Crippen molar-refractivity contribution in [1.29, 1.82) is 0 Å². The fraction of sp³-hybridized carbons (Fsp3) is 0.931. The lowest BCUT2D eigenvalue weighted by Gasteiger charge is -2.59. The molecule has 0 amide bonds. The molecular weight excluding hydrogens is 396 g/mol. The zero-order valence-electron chi connectivity index (χ0n) is 21.4. The second-order valence-electron chi connectivity index (χ2n) is 13.2. The summed E-state index contributed by atoms with van der Waals surface area (Å²) in [5.41, 5.74) is 1.69. The molecule has 5 rings (SSSR count). The SMILES string of the molecule is CC[C@@H](C(C)C)[C@@H]1O[C@H]1[C@@H](C)[C@H]1CC[C@H]2[C@@H]3CC=C4[C@H](O)[C@@H](O)CC[C@]4(C)[C@H]3CC[C@]12C. The quantitative estimate of drug-likeness (QED) is 0.405. The molecule has 5 aliphatic rings. The lowest BCUT2D eigenvalue weighted by molar-refractivity contribution is -0.0806. The molecule has 0 radical (unpaired) electrons. The molecular formula is C29H48O3. The minimum atomic E-state index is -0.643. The molecule has 0 aromatic heterocycles. The Morgan fingerprint density at radius 1 is 1.00 bits per heavy atom. The van der Waals surface area contributed by atoms with Crippen molar-refractivity contribution in [3.05, 3.63) is 11.6 Å². The molecule has 0 unspecified atom stereocenters. The van der Waals surface area contributed by atoms with Crippen LogP contribution in [0.2, 0.25) is 0 Å². The maximum absolute atomic E-state index is 10.7. The van der Waals surface area contributed by atoms with Crippen LogP contribution in [0.25, 0.3) is 0 Å². The Kier molecular flexibility index (Phi) is 5.91. The van der Waals surface area contributed by atoms with Gasteiger partial charge < -0.3 is 14.9 Å². The first-order valence-electron chi connectivity index (χ1n) is 13.9. The van der Waals surface area contributed by atoms with E-state index in [9.17, 15) is 10.2 Å². The van der Waals surface area contributed by atoms with Crippen molar-refractivity contribution in [1.82, 2.24) is 0 Å². The highest BCUT2D eigenvalue weighted by Crippen LogP contribution is 2.68. The maximum atomic E-state index is 10.7. The van der Waals surface area contributed by atoms with Gasteiger partial charge in [-0.1, -0.05) is 54.0 Å². The van der Waals surface area contributed by atoms with E-state index in [0.29, 0.717) is 41.3 Å². The van der Waals surface area contributed by atoms with Gasteiger partial charge in [0.1, 0.15) is 6.10 Å². The summed E-state index contributed by atoms with van der Waals surface area (Å²) >= 11 is 0. The number of fused-ring (bicyclic) bond motifs is 5. The summed E-state index contributed by atoms with van der Waals surface area (Å²) in [4.78, 5) is 0. The molecule has 3 heteroatoms. The molecule has 1 aliphatic heterocycles. The summed E-state index contributed by atoms with van der Waals surface area (Å²) < 4.78 is 6.38. The topological polar surface area (TPSA) is 53.0 Å². The molecule has 4 aliphatic carbocycles. The van der Waals surface area contributed by atoms with Crippen LogP contribution in [0.15, 0.2) is 11.6 Å². The van der Waals surface area contributed by atoms with Crippen molar-refractivity contribution >= 4 is 0 Å². The van der Waals surface area contributed by atoms with Gasteiger partial charge >= 0.3 is 0 Å². The Bertz CT molecular complexity index is 745. The number of epoxide rings is 1. The molecule has 182 valence electrons. The molecule has 1 heterocycles. The Balaban J connectivity index is 1.34. The second-order valence-corrected chi connectivity index (χ2v) is 13.2. The summed E-state index contributed by atoms with van der Waals surface area (Å²) in [6.45, 7) is 14.6. The molecule has 0 aromatic carbocycles. The molecule has 12 atom stereocenters. The standard InChI is InChI=1S/C29H48O3/c1-7-18(16(2)3)27-26(32-27)17(4)20-10-11-21-19-8-9-23-25(31)24(30)13-15-29(23,6)22(19)12-14-28(20,21)5/h9,16-22,24-27,30-31H,7-8,10-15H2,1-6H3/t17-,18-,19-,20+,21-,22-,24-,25-,26-,27-,28+,29+/m0/s1. The van der Waals surface area contributed by atoms with Crippen molar-refractivity contribution in [3.8, 4) is 0 Å². The van der Waals surface area contributed by atoms with Crippen LogP contribution in [-0.2, 0) is 4.74 Å². The monoisotopic (exact) mass is 444 g/mol. The van der Waals surface area contributed by atoms with Gasteiger partial charge in [-0.3, -0.25) is 0 Å². The second kappa shape index (κ2) is 8.09. The van der Waals surface area contributed by atoms with Crippen LogP contribution in [0.4, 0.5) is 0 Å². The third kappa shape index (κ3) is 3.31. The Labute approximate surface area is 196 Å². The smallest absolute Gasteiger partial charge is 0.101 e. The highest BCUT2D eigenvalue weighted by Gasteiger charge is 2.62. The largest absolute Gasteiger partial charge is 0.390 e. The molecule has 32 heavy (non-hydrogen) atoms. The van der Waals surface area contributed by atoms with Crippen molar-refractivity contribution in [2.24, 2.45) is 52.3 Å². The normalized spacial score (nSPS) is 52.0. The van der Waals surface area contributed by atoms with Crippen LogP contribution in [-0.4, -0.2) is 34.6 Å². The van der Waals surface area contributed by atoms with Gasteiger partial charge in [0.25, 0.3) is 0 Å². The Morgan fingerprint density at radius 2 is 1.75 bits per heavy atom. The highest BCUT2D eigenvalue weighted by atomic mass is 16.6. The van der Waals surface area contributed by atoms with Gasteiger partial charge in [-0.25, -0.2) is 0 Å². The first kappa shape index (κ1) is 23.4. The molecule has 2 N–H and O–H groups in total. The fourth-order valence-electron chi connectivity index (χ4n) is 9.84. The Morgan fingerprint density at radius 3 is 2.44 bits per heavy atom. The molecule has 0 aromatic rings. The third-order valence-electron chi connectivity index (χ3n) is 11.7. The van der Waals surface area contributed by atoms with Gasteiger partial charge in [-0.15, -0.1) is 0 Å². The minimum absolute atomic E-state index is 0.0862. The molecule has 0 bridgehead atoms. The van der Waals surface area contributed by atoms with E-state index in [0.717, 1.165) is 42.6 Å². The van der Waals surface area contributed by atoms with Gasteiger partial charge in [-0.05, 0) is 103 Å². The van der Waals surface area contributed by atoms with E-state index < -0.39 is 12.2 Å². The van der Waals surface area contributed by atoms with E-state index >= 15 is 0 Å². The predicted octanol–water partition coefficient (Wildman–Crippen LogP) is 5.98. The number of aliphatic hydroxyl groups excluding tert-OH is 2. The van der Waals surface area contributed by atoms with Gasteiger partial charge in [-0.2, -0.15) is 0 Å².